The highest BCUT2D eigenvalue weighted by atomic mass is 16.7. The van der Waals surface area contributed by atoms with Crippen molar-refractivity contribution in [3.05, 3.63) is 0 Å². The van der Waals surface area contributed by atoms with Crippen molar-refractivity contribution in [3.8, 4) is 0 Å². The van der Waals surface area contributed by atoms with Gasteiger partial charge in [0.15, 0.2) is 6.29 Å². The monoisotopic (exact) mass is 364 g/mol. The van der Waals surface area contributed by atoms with Crippen molar-refractivity contribution in [3.63, 3.8) is 0 Å². The first-order valence-electron chi connectivity index (χ1n) is 9.56. The van der Waals surface area contributed by atoms with Crippen LogP contribution in [0.3, 0.4) is 0 Å². The molecule has 0 aliphatic carbocycles. The number of rotatable bonds is 12. The number of nitrogens with zero attached hydrogens (tertiary/aromatic N) is 1. The maximum Gasteiger partial charge on any atom is 0.186 e. The van der Waals surface area contributed by atoms with E-state index < -0.39 is 37.3 Å². The third-order valence-electron chi connectivity index (χ3n) is 4.94. The molecule has 0 radical (unpaired) electrons. The third kappa shape index (κ3) is 7.86. The molecule has 25 heavy (non-hydrogen) atoms. The standard InChI is InChI=1S/C18H38NO6/c1-4-5-6-7-8-9-10-19(2,3)11-12-24-18-17(23)16(22)15(21)14(13-20)25-18/h14-18,20-23H,4-13H2,1-3H3/q+1/t14-,15-,16+,17-,18-/m1/s1. The van der Waals surface area contributed by atoms with Crippen molar-refractivity contribution in [2.24, 2.45) is 0 Å². The van der Waals surface area contributed by atoms with Gasteiger partial charge in [-0.1, -0.05) is 32.6 Å². The molecule has 1 saturated heterocycles. The molecule has 0 amide bonds. The molecule has 0 bridgehead atoms. The first-order chi connectivity index (χ1) is 11.8. The van der Waals surface area contributed by atoms with Crippen LogP contribution < -0.4 is 0 Å². The lowest BCUT2D eigenvalue weighted by atomic mass is 9.99. The van der Waals surface area contributed by atoms with Gasteiger partial charge in [0.25, 0.3) is 0 Å². The first kappa shape index (κ1) is 22.8. The van der Waals surface area contributed by atoms with E-state index in [2.05, 4.69) is 21.0 Å². The Kier molecular flexibility index (Phi) is 10.4. The summed E-state index contributed by atoms with van der Waals surface area (Å²) in [6.07, 6.45) is 1.57. The minimum absolute atomic E-state index is 0.367. The average Bonchev–Trinajstić information content (AvgIpc) is 2.58. The van der Waals surface area contributed by atoms with Crippen LogP contribution in [0.5, 0.6) is 0 Å². The van der Waals surface area contributed by atoms with Gasteiger partial charge in [0, 0.05) is 0 Å². The number of likely N-dealkylation sites (N-methyl/N-ethyl adjacent to an activating group) is 1. The first-order valence-corrected chi connectivity index (χ1v) is 9.56. The summed E-state index contributed by atoms with van der Waals surface area (Å²) in [6.45, 7) is 3.96. The van der Waals surface area contributed by atoms with Gasteiger partial charge in [0.1, 0.15) is 31.0 Å². The lowest BCUT2D eigenvalue weighted by Crippen LogP contribution is -2.59. The van der Waals surface area contributed by atoms with E-state index in [0.29, 0.717) is 6.61 Å². The van der Waals surface area contributed by atoms with E-state index in [1.54, 1.807) is 0 Å². The molecular formula is C18H38NO6+. The van der Waals surface area contributed by atoms with Gasteiger partial charge in [0.2, 0.25) is 0 Å². The summed E-state index contributed by atoms with van der Waals surface area (Å²) >= 11 is 0. The SMILES string of the molecule is CCCCCCCC[N+](C)(C)CCO[C@@H]1O[C@H](CO)[C@@H](O)[C@H](O)[C@H]1O. The fourth-order valence-electron chi connectivity index (χ4n) is 3.05. The summed E-state index contributed by atoms with van der Waals surface area (Å²) in [7, 11) is 4.28. The summed E-state index contributed by atoms with van der Waals surface area (Å²) in [5, 5.41) is 38.6. The second-order valence-electron chi connectivity index (χ2n) is 7.72. The Morgan fingerprint density at radius 2 is 1.52 bits per heavy atom. The van der Waals surface area contributed by atoms with E-state index >= 15 is 0 Å². The van der Waals surface area contributed by atoms with Crippen molar-refractivity contribution >= 4 is 0 Å². The van der Waals surface area contributed by atoms with Gasteiger partial charge in [-0.3, -0.25) is 0 Å². The molecule has 0 aromatic carbocycles. The molecule has 1 fully saturated rings. The largest absolute Gasteiger partial charge is 0.394 e. The Morgan fingerprint density at radius 3 is 2.16 bits per heavy atom. The zero-order valence-corrected chi connectivity index (χ0v) is 16.0. The summed E-state index contributed by atoms with van der Waals surface area (Å²) in [6, 6.07) is 0. The van der Waals surface area contributed by atoms with E-state index in [0.717, 1.165) is 17.6 Å². The van der Waals surface area contributed by atoms with Crippen molar-refractivity contribution in [2.75, 3.05) is 40.4 Å². The topological polar surface area (TPSA) is 99.4 Å². The van der Waals surface area contributed by atoms with Crippen molar-refractivity contribution < 1.29 is 34.4 Å². The van der Waals surface area contributed by atoms with E-state index in [4.69, 9.17) is 9.47 Å². The molecule has 4 N–H and O–H groups in total. The number of ether oxygens (including phenoxy) is 2. The van der Waals surface area contributed by atoms with Crippen LogP contribution in [0.15, 0.2) is 0 Å². The normalized spacial score (nSPS) is 30.6. The van der Waals surface area contributed by atoms with Gasteiger partial charge < -0.3 is 34.4 Å². The molecule has 1 rings (SSSR count). The summed E-state index contributed by atoms with van der Waals surface area (Å²) in [5.41, 5.74) is 0. The van der Waals surface area contributed by atoms with Crippen molar-refractivity contribution in [1.29, 1.82) is 0 Å². The Hall–Kier alpha value is -0.280. The number of hydrogen-bond donors (Lipinski definition) is 4. The predicted octanol–water partition coefficient (Wildman–Crippen LogP) is 0.240. The fourth-order valence-corrected chi connectivity index (χ4v) is 3.05. The molecule has 7 heteroatoms. The molecule has 150 valence electrons. The maximum atomic E-state index is 9.95. The highest BCUT2D eigenvalue weighted by molar-refractivity contribution is 4.88. The number of unbranched alkanes of at least 4 members (excludes halogenated alkanes) is 5. The highest BCUT2D eigenvalue weighted by Crippen LogP contribution is 2.22. The van der Waals surface area contributed by atoms with E-state index in [1.807, 2.05) is 0 Å². The van der Waals surface area contributed by atoms with Crippen LogP contribution in [0.4, 0.5) is 0 Å². The van der Waals surface area contributed by atoms with Gasteiger partial charge >= 0.3 is 0 Å². The van der Waals surface area contributed by atoms with Crippen LogP contribution in [0.25, 0.3) is 0 Å². The van der Waals surface area contributed by atoms with Gasteiger partial charge in [-0.25, -0.2) is 0 Å². The van der Waals surface area contributed by atoms with Crippen LogP contribution in [0.1, 0.15) is 45.4 Å². The van der Waals surface area contributed by atoms with E-state index in [1.165, 1.54) is 38.5 Å². The minimum Gasteiger partial charge on any atom is -0.394 e. The number of aliphatic hydroxyl groups is 4. The third-order valence-corrected chi connectivity index (χ3v) is 4.94. The summed E-state index contributed by atoms with van der Waals surface area (Å²) < 4.78 is 11.7. The molecule has 1 aliphatic rings. The van der Waals surface area contributed by atoms with Crippen molar-refractivity contribution in [1.82, 2.24) is 0 Å². The van der Waals surface area contributed by atoms with Crippen LogP contribution in [-0.2, 0) is 9.47 Å². The minimum atomic E-state index is -1.39. The second-order valence-corrected chi connectivity index (χ2v) is 7.72. The maximum absolute atomic E-state index is 9.95. The zero-order valence-electron chi connectivity index (χ0n) is 16.0. The zero-order chi connectivity index (χ0) is 18.9. The summed E-state index contributed by atoms with van der Waals surface area (Å²) in [5.74, 6) is 0. The predicted molar refractivity (Wildman–Crippen MR) is 94.9 cm³/mol. The van der Waals surface area contributed by atoms with Crippen LogP contribution in [-0.4, -0.2) is 96.0 Å². The molecule has 1 aliphatic heterocycles. The second kappa shape index (κ2) is 11.4. The van der Waals surface area contributed by atoms with Gasteiger partial charge in [0.05, 0.1) is 33.9 Å². The van der Waals surface area contributed by atoms with E-state index in [-0.39, 0.29) is 0 Å². The molecule has 0 unspecified atom stereocenters. The molecule has 7 nitrogen and oxygen atoms in total. The lowest BCUT2D eigenvalue weighted by molar-refractivity contribution is -0.891. The van der Waals surface area contributed by atoms with Gasteiger partial charge in [-0.05, 0) is 12.8 Å². The summed E-state index contributed by atoms with van der Waals surface area (Å²) in [4.78, 5) is 0. The van der Waals surface area contributed by atoms with Crippen LogP contribution in [0.2, 0.25) is 0 Å². The number of hydrogen-bond acceptors (Lipinski definition) is 6. The molecule has 0 spiro atoms. The molecular weight excluding hydrogens is 326 g/mol. The Balaban J connectivity index is 2.27. The molecule has 0 aromatic heterocycles. The Labute approximate surface area is 151 Å². The quantitative estimate of drug-likeness (QED) is 0.292. The van der Waals surface area contributed by atoms with Gasteiger partial charge in [-0.2, -0.15) is 0 Å². The number of aliphatic hydroxyl groups excluding tert-OH is 4. The Bertz CT molecular complexity index is 352. The molecule has 1 heterocycles. The fraction of sp³-hybridized carbons (Fsp3) is 1.00. The smallest absolute Gasteiger partial charge is 0.186 e. The lowest BCUT2D eigenvalue weighted by Gasteiger charge is -2.40. The van der Waals surface area contributed by atoms with Crippen molar-refractivity contribution in [2.45, 2.75) is 76.2 Å². The number of quaternary nitrogens is 1. The molecule has 0 aromatic rings. The Morgan fingerprint density at radius 1 is 0.880 bits per heavy atom. The van der Waals surface area contributed by atoms with Crippen LogP contribution >= 0.6 is 0 Å². The molecule has 0 saturated carbocycles. The van der Waals surface area contributed by atoms with Crippen LogP contribution in [0, 0.1) is 0 Å². The highest BCUT2D eigenvalue weighted by Gasteiger charge is 2.44. The molecule has 5 atom stereocenters. The average molecular weight is 365 g/mol. The van der Waals surface area contributed by atoms with Gasteiger partial charge in [-0.15, -0.1) is 0 Å². The van der Waals surface area contributed by atoms with E-state index in [9.17, 15) is 20.4 Å².